The summed E-state index contributed by atoms with van der Waals surface area (Å²) in [5, 5.41) is 0. The van der Waals surface area contributed by atoms with Crippen LogP contribution in [0.2, 0.25) is 0 Å². The predicted octanol–water partition coefficient (Wildman–Crippen LogP) is 3.31. The molecule has 1 aromatic carbocycles. The van der Waals surface area contributed by atoms with Crippen molar-refractivity contribution in [3.05, 3.63) is 29.3 Å². The normalized spacial score (nSPS) is 20.8. The molecule has 0 bridgehead atoms. The molecule has 1 aliphatic rings. The van der Waals surface area contributed by atoms with E-state index in [0.29, 0.717) is 5.92 Å². The van der Waals surface area contributed by atoms with E-state index in [1.54, 1.807) is 5.56 Å². The van der Waals surface area contributed by atoms with Crippen molar-refractivity contribution in [2.75, 3.05) is 12.3 Å². The second kappa shape index (κ2) is 5.04. The maximum Gasteiger partial charge on any atom is 0.0107 e. The molecule has 1 aromatic rings. The largest absolute Gasteiger partial charge is 0.330 e. The summed E-state index contributed by atoms with van der Waals surface area (Å²) in [6.45, 7) is 2.98. The lowest BCUT2D eigenvalue weighted by atomic mass is 9.90. The first kappa shape index (κ1) is 11.0. The van der Waals surface area contributed by atoms with Gasteiger partial charge in [0.25, 0.3) is 0 Å². The number of aryl methyl sites for hydroxylation is 1. The molecule has 1 atom stereocenters. The van der Waals surface area contributed by atoms with E-state index in [-0.39, 0.29) is 0 Å². The Morgan fingerprint density at radius 3 is 3.13 bits per heavy atom. The molecule has 1 aliphatic heterocycles. The van der Waals surface area contributed by atoms with Gasteiger partial charge in [-0.05, 0) is 56.0 Å². The van der Waals surface area contributed by atoms with Crippen molar-refractivity contribution in [3.8, 4) is 0 Å². The van der Waals surface area contributed by atoms with Crippen LogP contribution in [0.1, 0.15) is 36.3 Å². The highest BCUT2D eigenvalue weighted by Gasteiger charge is 2.18. The number of thioether (sulfide) groups is 1. The molecule has 0 saturated carbocycles. The summed E-state index contributed by atoms with van der Waals surface area (Å²) in [6.07, 6.45) is 3.76. The number of nitrogens with two attached hydrogens (primary N) is 1. The Hall–Kier alpha value is -0.470. The molecule has 2 N–H and O–H groups in total. The summed E-state index contributed by atoms with van der Waals surface area (Å²) in [6, 6.07) is 6.86. The minimum Gasteiger partial charge on any atom is -0.330 e. The second-order valence-electron chi connectivity index (χ2n) is 4.31. The van der Waals surface area contributed by atoms with Crippen LogP contribution in [0.5, 0.6) is 0 Å². The van der Waals surface area contributed by atoms with Crippen LogP contribution in [0.15, 0.2) is 23.1 Å². The summed E-state index contributed by atoms with van der Waals surface area (Å²) in [5.41, 5.74) is 8.62. The lowest BCUT2D eigenvalue weighted by Crippen LogP contribution is -2.07. The zero-order valence-corrected chi connectivity index (χ0v) is 10.1. The Morgan fingerprint density at radius 1 is 1.47 bits per heavy atom. The van der Waals surface area contributed by atoms with Crippen molar-refractivity contribution in [1.29, 1.82) is 0 Å². The smallest absolute Gasteiger partial charge is 0.0107 e. The molecule has 0 fully saturated rings. The minimum absolute atomic E-state index is 0.694. The van der Waals surface area contributed by atoms with Gasteiger partial charge in [-0.3, -0.25) is 0 Å². The van der Waals surface area contributed by atoms with Crippen LogP contribution in [-0.2, 0) is 0 Å². The molecule has 0 radical (unpaired) electrons. The number of hydrogen-bond donors (Lipinski definition) is 1. The minimum atomic E-state index is 0.694. The van der Waals surface area contributed by atoms with Gasteiger partial charge in [-0.2, -0.15) is 0 Å². The van der Waals surface area contributed by atoms with Crippen LogP contribution in [0.4, 0.5) is 0 Å². The third-order valence-corrected chi connectivity index (χ3v) is 4.25. The maximum atomic E-state index is 5.70. The number of rotatable bonds is 2. The van der Waals surface area contributed by atoms with Gasteiger partial charge in [-0.1, -0.05) is 17.7 Å². The number of hydrogen-bond acceptors (Lipinski definition) is 2. The van der Waals surface area contributed by atoms with E-state index in [1.807, 2.05) is 11.8 Å². The van der Waals surface area contributed by atoms with Crippen LogP contribution in [-0.4, -0.2) is 12.3 Å². The molecule has 1 heterocycles. The van der Waals surface area contributed by atoms with Gasteiger partial charge in [0, 0.05) is 4.90 Å². The van der Waals surface area contributed by atoms with Crippen LogP contribution in [0.3, 0.4) is 0 Å². The highest BCUT2D eigenvalue weighted by atomic mass is 32.2. The van der Waals surface area contributed by atoms with E-state index in [1.165, 1.54) is 29.1 Å². The SMILES string of the molecule is Cc1ccc2c(c1)C(CCN)CCCS2. The molecular formula is C13H19NS. The third kappa shape index (κ3) is 2.56. The number of benzene rings is 1. The highest BCUT2D eigenvalue weighted by Crippen LogP contribution is 2.37. The summed E-state index contributed by atoms with van der Waals surface area (Å²) in [5.74, 6) is 1.96. The average Bonchev–Trinajstić information content (AvgIpc) is 2.42. The third-order valence-electron chi connectivity index (χ3n) is 3.07. The van der Waals surface area contributed by atoms with Crippen molar-refractivity contribution >= 4 is 11.8 Å². The predicted molar refractivity (Wildman–Crippen MR) is 67.5 cm³/mol. The first-order valence-electron chi connectivity index (χ1n) is 5.74. The monoisotopic (exact) mass is 221 g/mol. The van der Waals surface area contributed by atoms with E-state index < -0.39 is 0 Å². The second-order valence-corrected chi connectivity index (χ2v) is 5.44. The van der Waals surface area contributed by atoms with Gasteiger partial charge in [0.2, 0.25) is 0 Å². The molecule has 2 rings (SSSR count). The maximum absolute atomic E-state index is 5.70. The Bertz CT molecular complexity index is 335. The fourth-order valence-corrected chi connectivity index (χ4v) is 3.37. The Labute approximate surface area is 96.4 Å². The molecule has 0 spiro atoms. The van der Waals surface area contributed by atoms with E-state index in [2.05, 4.69) is 25.1 Å². The number of fused-ring (bicyclic) bond motifs is 1. The molecule has 1 unspecified atom stereocenters. The molecule has 0 saturated heterocycles. The molecule has 2 heteroatoms. The molecule has 15 heavy (non-hydrogen) atoms. The van der Waals surface area contributed by atoms with Gasteiger partial charge in [0.05, 0.1) is 0 Å². The molecule has 0 aliphatic carbocycles. The summed E-state index contributed by atoms with van der Waals surface area (Å²) in [7, 11) is 0. The van der Waals surface area contributed by atoms with Crippen molar-refractivity contribution in [2.24, 2.45) is 5.73 Å². The van der Waals surface area contributed by atoms with Crippen LogP contribution in [0, 0.1) is 6.92 Å². The fourth-order valence-electron chi connectivity index (χ4n) is 2.29. The summed E-state index contributed by atoms with van der Waals surface area (Å²) in [4.78, 5) is 1.48. The zero-order valence-electron chi connectivity index (χ0n) is 9.33. The Kier molecular flexibility index (Phi) is 3.71. The summed E-state index contributed by atoms with van der Waals surface area (Å²) >= 11 is 2.01. The van der Waals surface area contributed by atoms with Crippen molar-refractivity contribution in [3.63, 3.8) is 0 Å². The standard InChI is InChI=1S/C13H19NS/c1-10-4-5-13-12(9-10)11(6-7-14)3-2-8-15-13/h4-5,9,11H,2-3,6-8,14H2,1H3. The van der Waals surface area contributed by atoms with Gasteiger partial charge in [0.1, 0.15) is 0 Å². The fraction of sp³-hybridized carbons (Fsp3) is 0.538. The van der Waals surface area contributed by atoms with Crippen LogP contribution >= 0.6 is 11.8 Å². The molecule has 0 amide bonds. The van der Waals surface area contributed by atoms with E-state index >= 15 is 0 Å². The van der Waals surface area contributed by atoms with Crippen molar-refractivity contribution < 1.29 is 0 Å². The van der Waals surface area contributed by atoms with Gasteiger partial charge >= 0.3 is 0 Å². The van der Waals surface area contributed by atoms with Crippen molar-refractivity contribution in [1.82, 2.24) is 0 Å². The van der Waals surface area contributed by atoms with Crippen molar-refractivity contribution in [2.45, 2.75) is 37.0 Å². The Balaban J connectivity index is 2.33. The molecule has 82 valence electrons. The first-order chi connectivity index (χ1) is 7.31. The van der Waals surface area contributed by atoms with E-state index in [0.717, 1.165) is 13.0 Å². The van der Waals surface area contributed by atoms with E-state index in [9.17, 15) is 0 Å². The zero-order chi connectivity index (χ0) is 10.7. The Morgan fingerprint density at radius 2 is 2.33 bits per heavy atom. The molecule has 1 nitrogen and oxygen atoms in total. The van der Waals surface area contributed by atoms with Gasteiger partial charge in [0.15, 0.2) is 0 Å². The van der Waals surface area contributed by atoms with Crippen LogP contribution < -0.4 is 5.73 Å². The summed E-state index contributed by atoms with van der Waals surface area (Å²) < 4.78 is 0. The topological polar surface area (TPSA) is 26.0 Å². The van der Waals surface area contributed by atoms with E-state index in [4.69, 9.17) is 5.73 Å². The first-order valence-corrected chi connectivity index (χ1v) is 6.73. The highest BCUT2D eigenvalue weighted by molar-refractivity contribution is 7.99. The van der Waals surface area contributed by atoms with Gasteiger partial charge in [-0.25, -0.2) is 0 Å². The lowest BCUT2D eigenvalue weighted by molar-refractivity contribution is 0.575. The van der Waals surface area contributed by atoms with Crippen LogP contribution in [0.25, 0.3) is 0 Å². The average molecular weight is 221 g/mol. The van der Waals surface area contributed by atoms with Gasteiger partial charge < -0.3 is 5.73 Å². The quantitative estimate of drug-likeness (QED) is 0.829. The van der Waals surface area contributed by atoms with Gasteiger partial charge in [-0.15, -0.1) is 11.8 Å². The molecule has 0 aromatic heterocycles. The molecular weight excluding hydrogens is 202 g/mol. The lowest BCUT2D eigenvalue weighted by Gasteiger charge is -2.16.